The van der Waals surface area contributed by atoms with Gasteiger partial charge in [0.25, 0.3) is 5.91 Å². The number of pyridine rings is 1. The van der Waals surface area contributed by atoms with Gasteiger partial charge in [-0.3, -0.25) is 9.78 Å². The van der Waals surface area contributed by atoms with E-state index in [-0.39, 0.29) is 12.0 Å². The molecule has 1 aromatic carbocycles. The van der Waals surface area contributed by atoms with E-state index in [0.29, 0.717) is 18.2 Å². The van der Waals surface area contributed by atoms with E-state index >= 15 is 0 Å². The summed E-state index contributed by atoms with van der Waals surface area (Å²) >= 11 is 0. The quantitative estimate of drug-likeness (QED) is 0.879. The molecular weight excluding hydrogens is 240 g/mol. The predicted molar refractivity (Wildman–Crippen MR) is 72.8 cm³/mol. The summed E-state index contributed by atoms with van der Waals surface area (Å²) in [5.41, 5.74) is 0.470. The van der Waals surface area contributed by atoms with E-state index in [9.17, 15) is 9.90 Å². The van der Waals surface area contributed by atoms with Crippen LogP contribution >= 0.6 is 0 Å². The highest BCUT2D eigenvalue weighted by Crippen LogP contribution is 2.26. The lowest BCUT2D eigenvalue weighted by molar-refractivity contribution is 0.0420. The van der Waals surface area contributed by atoms with Crippen LogP contribution in [0.15, 0.2) is 36.5 Å². The molecule has 0 radical (unpaired) electrons. The Morgan fingerprint density at radius 3 is 2.89 bits per heavy atom. The second-order valence-electron chi connectivity index (χ2n) is 5.08. The molecule has 1 aliphatic rings. The molecule has 4 nitrogen and oxygen atoms in total. The molecule has 1 amide bonds. The molecule has 0 atom stereocenters. The van der Waals surface area contributed by atoms with Crippen LogP contribution in [0, 0.1) is 5.92 Å². The van der Waals surface area contributed by atoms with Crippen molar-refractivity contribution in [3.8, 4) is 0 Å². The largest absolute Gasteiger partial charge is 0.393 e. The first kappa shape index (κ1) is 12.1. The number of aliphatic hydroxyl groups excluding tert-OH is 1. The normalized spacial score (nSPS) is 21.9. The maximum absolute atomic E-state index is 12.1. The number of hydrogen-bond donors (Lipinski definition) is 2. The molecule has 0 unspecified atom stereocenters. The minimum absolute atomic E-state index is 0.141. The summed E-state index contributed by atoms with van der Waals surface area (Å²) in [4.78, 5) is 16.3. The van der Waals surface area contributed by atoms with Crippen LogP contribution in [-0.4, -0.2) is 28.6 Å². The SMILES string of the molecule is O=C(NCC1CC(O)C1)c1nccc2ccccc12. The Kier molecular flexibility index (Phi) is 3.17. The minimum atomic E-state index is -0.183. The zero-order valence-electron chi connectivity index (χ0n) is 10.5. The number of aromatic nitrogens is 1. The standard InChI is InChI=1S/C15H16N2O2/c18-12-7-10(8-12)9-17-15(19)14-13-4-2-1-3-11(13)5-6-16-14/h1-6,10,12,18H,7-9H2,(H,17,19). The number of carbonyl (C=O) groups excluding carboxylic acids is 1. The van der Waals surface area contributed by atoms with Crippen LogP contribution in [0.1, 0.15) is 23.3 Å². The first-order chi connectivity index (χ1) is 9.24. The first-order valence-electron chi connectivity index (χ1n) is 6.54. The van der Waals surface area contributed by atoms with Crippen LogP contribution in [0.5, 0.6) is 0 Å². The van der Waals surface area contributed by atoms with Crippen molar-refractivity contribution in [1.29, 1.82) is 0 Å². The summed E-state index contributed by atoms with van der Waals surface area (Å²) in [6.45, 7) is 0.612. The van der Waals surface area contributed by atoms with E-state index in [0.717, 1.165) is 23.6 Å². The van der Waals surface area contributed by atoms with Crippen molar-refractivity contribution in [3.05, 3.63) is 42.2 Å². The molecule has 1 aromatic heterocycles. The molecule has 0 saturated heterocycles. The molecule has 0 bridgehead atoms. The third-order valence-electron chi connectivity index (χ3n) is 3.65. The monoisotopic (exact) mass is 256 g/mol. The fraction of sp³-hybridized carbons (Fsp3) is 0.333. The van der Waals surface area contributed by atoms with Crippen LogP contribution in [0.2, 0.25) is 0 Å². The Labute approximate surface area is 111 Å². The van der Waals surface area contributed by atoms with Gasteiger partial charge in [-0.2, -0.15) is 0 Å². The van der Waals surface area contributed by atoms with Gasteiger partial charge in [-0.15, -0.1) is 0 Å². The summed E-state index contributed by atoms with van der Waals surface area (Å²) in [7, 11) is 0. The topological polar surface area (TPSA) is 62.2 Å². The van der Waals surface area contributed by atoms with E-state index in [4.69, 9.17) is 0 Å². The molecule has 0 aliphatic heterocycles. The summed E-state index contributed by atoms with van der Waals surface area (Å²) in [6.07, 6.45) is 3.04. The number of benzene rings is 1. The highest BCUT2D eigenvalue weighted by molar-refractivity contribution is 6.05. The highest BCUT2D eigenvalue weighted by Gasteiger charge is 2.27. The molecule has 3 rings (SSSR count). The number of nitrogens with one attached hydrogen (secondary N) is 1. The summed E-state index contributed by atoms with van der Waals surface area (Å²) in [5.74, 6) is 0.257. The molecule has 1 heterocycles. The zero-order chi connectivity index (χ0) is 13.2. The van der Waals surface area contributed by atoms with Crippen LogP contribution in [-0.2, 0) is 0 Å². The zero-order valence-corrected chi connectivity index (χ0v) is 10.5. The van der Waals surface area contributed by atoms with Gasteiger partial charge in [-0.05, 0) is 30.2 Å². The number of fused-ring (bicyclic) bond motifs is 1. The van der Waals surface area contributed by atoms with Crippen molar-refractivity contribution in [2.75, 3.05) is 6.54 Å². The minimum Gasteiger partial charge on any atom is -0.393 e. The lowest BCUT2D eigenvalue weighted by Gasteiger charge is -2.31. The third-order valence-corrected chi connectivity index (χ3v) is 3.65. The van der Waals surface area contributed by atoms with E-state index in [2.05, 4.69) is 10.3 Å². The second kappa shape index (κ2) is 4.97. The van der Waals surface area contributed by atoms with Crippen LogP contribution in [0.3, 0.4) is 0 Å². The van der Waals surface area contributed by atoms with Gasteiger partial charge in [0.1, 0.15) is 5.69 Å². The van der Waals surface area contributed by atoms with Crippen LogP contribution < -0.4 is 5.32 Å². The van der Waals surface area contributed by atoms with Gasteiger partial charge in [-0.25, -0.2) is 0 Å². The molecule has 98 valence electrons. The van der Waals surface area contributed by atoms with E-state index in [1.54, 1.807) is 6.20 Å². The van der Waals surface area contributed by atoms with Gasteiger partial charge in [0.2, 0.25) is 0 Å². The first-order valence-corrected chi connectivity index (χ1v) is 6.54. The number of hydrogen-bond acceptors (Lipinski definition) is 3. The van der Waals surface area contributed by atoms with Crippen molar-refractivity contribution < 1.29 is 9.90 Å². The third kappa shape index (κ3) is 2.44. The van der Waals surface area contributed by atoms with Crippen LogP contribution in [0.25, 0.3) is 10.8 Å². The smallest absolute Gasteiger partial charge is 0.270 e. The van der Waals surface area contributed by atoms with Gasteiger partial charge in [0, 0.05) is 18.1 Å². The Bertz CT molecular complexity index is 601. The molecule has 4 heteroatoms. The molecule has 19 heavy (non-hydrogen) atoms. The van der Waals surface area contributed by atoms with Gasteiger partial charge in [0.15, 0.2) is 0 Å². The molecular formula is C15H16N2O2. The number of amides is 1. The Hall–Kier alpha value is -1.94. The van der Waals surface area contributed by atoms with Gasteiger partial charge in [0.05, 0.1) is 6.10 Å². The maximum atomic E-state index is 12.1. The average Bonchev–Trinajstić information content (AvgIpc) is 2.41. The number of aliphatic hydroxyl groups is 1. The van der Waals surface area contributed by atoms with Crippen molar-refractivity contribution in [1.82, 2.24) is 10.3 Å². The number of nitrogens with zero attached hydrogens (tertiary/aromatic N) is 1. The number of carbonyl (C=O) groups is 1. The van der Waals surface area contributed by atoms with Gasteiger partial charge >= 0.3 is 0 Å². The van der Waals surface area contributed by atoms with Crippen LogP contribution in [0.4, 0.5) is 0 Å². The molecule has 2 aromatic rings. The Balaban J connectivity index is 1.74. The summed E-state index contributed by atoms with van der Waals surface area (Å²) in [5, 5.41) is 14.0. The van der Waals surface area contributed by atoms with Crippen molar-refractivity contribution >= 4 is 16.7 Å². The lowest BCUT2D eigenvalue weighted by atomic mass is 9.82. The van der Waals surface area contributed by atoms with Gasteiger partial charge in [-0.1, -0.05) is 24.3 Å². The van der Waals surface area contributed by atoms with Gasteiger partial charge < -0.3 is 10.4 Å². The number of rotatable bonds is 3. The van der Waals surface area contributed by atoms with Crippen molar-refractivity contribution in [3.63, 3.8) is 0 Å². The summed E-state index contributed by atoms with van der Waals surface area (Å²) in [6, 6.07) is 9.62. The Morgan fingerprint density at radius 1 is 1.32 bits per heavy atom. The highest BCUT2D eigenvalue weighted by atomic mass is 16.3. The predicted octanol–water partition coefficient (Wildman–Crippen LogP) is 1.74. The van der Waals surface area contributed by atoms with E-state index < -0.39 is 0 Å². The van der Waals surface area contributed by atoms with E-state index in [1.807, 2.05) is 30.3 Å². The molecule has 1 saturated carbocycles. The molecule has 2 N–H and O–H groups in total. The average molecular weight is 256 g/mol. The molecule has 0 spiro atoms. The molecule has 1 aliphatic carbocycles. The fourth-order valence-corrected chi connectivity index (χ4v) is 2.49. The maximum Gasteiger partial charge on any atom is 0.270 e. The van der Waals surface area contributed by atoms with Crippen molar-refractivity contribution in [2.24, 2.45) is 5.92 Å². The second-order valence-corrected chi connectivity index (χ2v) is 5.08. The fourth-order valence-electron chi connectivity index (χ4n) is 2.49. The molecule has 1 fully saturated rings. The lowest BCUT2D eigenvalue weighted by Crippen LogP contribution is -2.38. The van der Waals surface area contributed by atoms with Crippen molar-refractivity contribution in [2.45, 2.75) is 18.9 Å². The Morgan fingerprint density at radius 2 is 2.11 bits per heavy atom. The summed E-state index contributed by atoms with van der Waals surface area (Å²) < 4.78 is 0. The van der Waals surface area contributed by atoms with E-state index in [1.165, 1.54) is 0 Å².